The van der Waals surface area contributed by atoms with Gasteiger partial charge >= 0.3 is 68.9 Å². The van der Waals surface area contributed by atoms with E-state index >= 15 is 0 Å². The summed E-state index contributed by atoms with van der Waals surface area (Å²) in [7, 11) is 0. The molecule has 3 aromatic carbocycles. The smallest absolute Gasteiger partial charge is 0.473 e. The average molecular weight is 861 g/mol. The van der Waals surface area contributed by atoms with E-state index in [-0.39, 0.29) is 88.8 Å². The topological polar surface area (TPSA) is 105 Å². The number of imidazole rings is 1. The number of aryl methyl sites for hydroxylation is 1. The Balaban J connectivity index is 0.000000690. The number of nitrogens with zero attached hydrogens (tertiary/aromatic N) is 4. The molecule has 2 aliphatic heterocycles. The number of hydrogen-bond acceptors (Lipinski definition) is 8. The Morgan fingerprint density at radius 2 is 1.81 bits per heavy atom. The summed E-state index contributed by atoms with van der Waals surface area (Å²) in [6.07, 6.45) is 3.74. The Labute approximate surface area is 371 Å². The van der Waals surface area contributed by atoms with Crippen LogP contribution in [0.25, 0.3) is 21.3 Å². The summed E-state index contributed by atoms with van der Waals surface area (Å²) >= 11 is 7.46. The zero-order valence-corrected chi connectivity index (χ0v) is 37.8. The summed E-state index contributed by atoms with van der Waals surface area (Å²) in [6.45, 7) is 7.64. The first kappa shape index (κ1) is 40.8. The van der Waals surface area contributed by atoms with Gasteiger partial charge in [-0.2, -0.15) is 0 Å². The molecule has 0 saturated carbocycles. The third kappa shape index (κ3) is 10.4. The van der Waals surface area contributed by atoms with Crippen LogP contribution in [-0.4, -0.2) is 56.5 Å². The van der Waals surface area contributed by atoms with E-state index in [1.165, 1.54) is 12.5 Å². The van der Waals surface area contributed by atoms with Crippen LogP contribution in [0.15, 0.2) is 72.8 Å². The minimum atomic E-state index is -0.391. The summed E-state index contributed by atoms with van der Waals surface area (Å²) in [5.74, 6) is 1.11. The third-order valence-electron chi connectivity index (χ3n) is 8.99. The second kappa shape index (κ2) is 18.8. The van der Waals surface area contributed by atoms with Crippen molar-refractivity contribution in [1.82, 2.24) is 24.8 Å². The van der Waals surface area contributed by atoms with Crippen molar-refractivity contribution in [3.05, 3.63) is 119 Å². The SMILES string of the molecule is C[C@@H]1CCO1.Cc1nc2ccc(NC(=O)c3ccc4nc(CN5CCC(c6cccc(OCc7ccc(Cl)cc7F)n6)CC5)[nH]c4c3)cc2s1.[CH3-].[Cs+]. The van der Waals surface area contributed by atoms with Crippen LogP contribution in [0, 0.1) is 20.2 Å². The molecule has 6 aromatic rings. The van der Waals surface area contributed by atoms with Crippen molar-refractivity contribution in [3.63, 3.8) is 0 Å². The van der Waals surface area contributed by atoms with Gasteiger partial charge in [0.15, 0.2) is 0 Å². The molecule has 0 aliphatic carbocycles. The van der Waals surface area contributed by atoms with Gasteiger partial charge in [-0.25, -0.2) is 19.3 Å². The second-order valence-electron chi connectivity index (χ2n) is 12.7. The normalized spacial score (nSPS) is 15.9. The number of aromatic amines is 1. The number of hydrogen-bond donors (Lipinski definition) is 2. The molecule has 2 aliphatic rings. The average Bonchev–Trinajstić information content (AvgIpc) is 3.68. The minimum Gasteiger partial charge on any atom is -0.473 e. The fraction of sp³-hybridized carbons (Fsp3) is 0.308. The number of likely N-dealkylation sites (tertiary alicyclic amines) is 1. The summed E-state index contributed by atoms with van der Waals surface area (Å²) < 4.78 is 25.9. The van der Waals surface area contributed by atoms with Crippen molar-refractivity contribution >= 4 is 55.8 Å². The maximum absolute atomic E-state index is 14.1. The van der Waals surface area contributed by atoms with E-state index in [9.17, 15) is 9.18 Å². The van der Waals surface area contributed by atoms with E-state index in [4.69, 9.17) is 31.0 Å². The number of pyridine rings is 1. The van der Waals surface area contributed by atoms with Crippen molar-refractivity contribution in [1.29, 1.82) is 0 Å². The number of nitrogens with one attached hydrogen (secondary N) is 2. The van der Waals surface area contributed by atoms with Gasteiger partial charge in [0, 0.05) is 46.1 Å². The van der Waals surface area contributed by atoms with E-state index in [0.29, 0.717) is 40.6 Å². The number of thiazole rings is 1. The first-order chi connectivity index (χ1) is 24.3. The number of carbonyl (C=O) groups is 1. The number of carbonyl (C=O) groups excluding carboxylic acids is 1. The van der Waals surface area contributed by atoms with Gasteiger partial charge in [0.1, 0.15) is 18.2 Å². The monoisotopic (exact) mass is 860 g/mol. The Bertz CT molecular complexity index is 2130. The molecule has 5 heterocycles. The summed E-state index contributed by atoms with van der Waals surface area (Å²) in [6, 6.07) is 21.6. The minimum absolute atomic E-state index is 0. The molecule has 52 heavy (non-hydrogen) atoms. The van der Waals surface area contributed by atoms with Crippen LogP contribution in [-0.2, 0) is 17.9 Å². The molecule has 2 fully saturated rings. The van der Waals surface area contributed by atoms with Crippen molar-refractivity contribution in [2.75, 3.05) is 25.0 Å². The predicted octanol–water partition coefficient (Wildman–Crippen LogP) is 6.13. The van der Waals surface area contributed by atoms with E-state index in [2.05, 4.69) is 27.1 Å². The van der Waals surface area contributed by atoms with Gasteiger partial charge in [-0.3, -0.25) is 9.69 Å². The molecule has 2 saturated heterocycles. The zero-order valence-electron chi connectivity index (χ0n) is 29.9. The number of piperidine rings is 1. The molecule has 0 unspecified atom stereocenters. The zero-order chi connectivity index (χ0) is 34.6. The summed E-state index contributed by atoms with van der Waals surface area (Å²) in [5, 5.41) is 4.35. The number of halogens is 2. The number of fused-ring (bicyclic) bond motifs is 2. The Hall–Kier alpha value is -2.37. The number of amides is 1. The van der Waals surface area contributed by atoms with Crippen molar-refractivity contribution in [2.24, 2.45) is 0 Å². The Morgan fingerprint density at radius 1 is 1.04 bits per heavy atom. The molecule has 1 amide bonds. The molecule has 2 N–H and O–H groups in total. The molecule has 1 atom stereocenters. The van der Waals surface area contributed by atoms with Gasteiger partial charge in [-0.05, 0) is 101 Å². The van der Waals surface area contributed by atoms with Crippen molar-refractivity contribution in [3.8, 4) is 5.88 Å². The van der Waals surface area contributed by atoms with Crippen LogP contribution < -0.4 is 78.9 Å². The number of rotatable bonds is 8. The maximum Gasteiger partial charge on any atom is 1.00 e. The van der Waals surface area contributed by atoms with E-state index in [1.807, 2.05) is 49.4 Å². The van der Waals surface area contributed by atoms with E-state index < -0.39 is 5.82 Å². The van der Waals surface area contributed by atoms with Crippen LogP contribution in [0.4, 0.5) is 10.1 Å². The molecule has 3 aromatic heterocycles. The van der Waals surface area contributed by atoms with Crippen LogP contribution in [0.3, 0.4) is 0 Å². The molecule has 9 nitrogen and oxygen atoms in total. The summed E-state index contributed by atoms with van der Waals surface area (Å²) in [5.41, 5.74) is 5.33. The summed E-state index contributed by atoms with van der Waals surface area (Å²) in [4.78, 5) is 32.8. The standard InChI is InChI=1S/C34H30ClFN6O2S.C4H8O.CH3.Cs/c1-20-37-29-10-8-25(17-31(29)45-20)38-34(43)22-6-9-28-30(15-22)40-32(39-28)18-42-13-11-21(12-14-42)27-3-2-4-33(41-27)44-19-23-5-7-24(35)16-26(23)36;1-4-2-3-5-4;;/h2-10,15-17,21H,11-14,18-19H2,1H3,(H,38,43)(H,39,40);4H,2-3H2,1H3;1H3;/q;;-1;+1/t;4-;;/m.1../s1. The van der Waals surface area contributed by atoms with Gasteiger partial charge in [-0.1, -0.05) is 23.7 Å². The fourth-order valence-electron chi connectivity index (χ4n) is 6.08. The number of benzene rings is 3. The van der Waals surface area contributed by atoms with Gasteiger partial charge in [0.2, 0.25) is 5.88 Å². The van der Waals surface area contributed by atoms with Gasteiger partial charge in [0.25, 0.3) is 5.91 Å². The number of ether oxygens (including phenoxy) is 2. The van der Waals surface area contributed by atoms with Gasteiger partial charge < -0.3 is 27.2 Å². The van der Waals surface area contributed by atoms with Crippen LogP contribution in [0.5, 0.6) is 5.88 Å². The fourth-order valence-corrected chi connectivity index (χ4v) is 7.11. The van der Waals surface area contributed by atoms with E-state index in [1.54, 1.807) is 35.6 Å². The molecule has 0 radical (unpaired) electrons. The predicted molar refractivity (Wildman–Crippen MR) is 202 cm³/mol. The Morgan fingerprint density at radius 3 is 2.54 bits per heavy atom. The quantitative estimate of drug-likeness (QED) is 0.178. The molecule has 266 valence electrons. The van der Waals surface area contributed by atoms with Gasteiger partial charge in [0.05, 0.1) is 38.9 Å². The van der Waals surface area contributed by atoms with Gasteiger partial charge in [-0.15, -0.1) is 11.3 Å². The Kier molecular flexibility index (Phi) is 14.7. The van der Waals surface area contributed by atoms with Crippen LogP contribution in [0.2, 0.25) is 5.02 Å². The largest absolute Gasteiger partial charge is 1.00 e. The van der Waals surface area contributed by atoms with Crippen LogP contribution in [0.1, 0.15) is 64.6 Å². The molecule has 13 heteroatoms. The molecule has 8 rings (SSSR count). The van der Waals surface area contributed by atoms with Crippen molar-refractivity contribution < 1.29 is 87.6 Å². The number of H-pyrrole nitrogens is 1. The molecule has 0 bridgehead atoms. The molecule has 0 spiro atoms. The number of aromatic nitrogens is 4. The maximum atomic E-state index is 14.1. The first-order valence-electron chi connectivity index (χ1n) is 16.8. The van der Waals surface area contributed by atoms with Crippen molar-refractivity contribution in [2.45, 2.75) is 58.3 Å². The second-order valence-corrected chi connectivity index (χ2v) is 14.4. The van der Waals surface area contributed by atoms with Crippen LogP contribution >= 0.6 is 22.9 Å². The third-order valence-corrected chi connectivity index (χ3v) is 10.2. The first-order valence-corrected chi connectivity index (χ1v) is 18.0. The molecular weight excluding hydrogens is 820 g/mol. The number of anilines is 1. The van der Waals surface area contributed by atoms with E-state index in [0.717, 1.165) is 76.0 Å². The molecular formula is C39H41ClCsFN6O3S.